The van der Waals surface area contributed by atoms with E-state index in [4.69, 9.17) is 9.52 Å². The average Bonchev–Trinajstić information content (AvgIpc) is 3.13. The van der Waals surface area contributed by atoms with E-state index in [9.17, 15) is 4.79 Å². The number of carbonyl (C=O) groups excluding carboxylic acids is 1. The lowest BCUT2D eigenvalue weighted by molar-refractivity contribution is 0.0644. The van der Waals surface area contributed by atoms with E-state index in [0.717, 1.165) is 41.0 Å². The van der Waals surface area contributed by atoms with Crippen LogP contribution in [0, 0.1) is 6.92 Å². The Labute approximate surface area is 165 Å². The van der Waals surface area contributed by atoms with Crippen molar-refractivity contribution in [1.82, 2.24) is 34.7 Å². The molecular weight excluding hydrogens is 370 g/mol. The van der Waals surface area contributed by atoms with Crippen molar-refractivity contribution in [1.29, 1.82) is 0 Å². The molecule has 4 aromatic heterocycles. The molecule has 1 fully saturated rings. The molecule has 5 heterocycles. The van der Waals surface area contributed by atoms with Gasteiger partial charge in [0.1, 0.15) is 6.04 Å². The first-order valence-electron chi connectivity index (χ1n) is 9.80. The zero-order valence-corrected chi connectivity index (χ0v) is 15.9. The van der Waals surface area contributed by atoms with Gasteiger partial charge in [-0.3, -0.25) is 4.79 Å². The quantitative estimate of drug-likeness (QED) is 0.577. The highest BCUT2D eigenvalue weighted by molar-refractivity contribution is 5.90. The summed E-state index contributed by atoms with van der Waals surface area (Å²) in [5, 5.41) is 12.8. The van der Waals surface area contributed by atoms with Crippen LogP contribution in [-0.2, 0) is 6.42 Å². The molecule has 146 valence electrons. The maximum absolute atomic E-state index is 13.3. The third kappa shape index (κ3) is 2.57. The van der Waals surface area contributed by atoms with Crippen molar-refractivity contribution in [3.8, 4) is 0 Å². The summed E-state index contributed by atoms with van der Waals surface area (Å²) in [4.78, 5) is 22.8. The molecule has 2 aliphatic rings. The number of aryl methyl sites for hydroxylation is 1. The fourth-order valence-corrected chi connectivity index (χ4v) is 4.04. The van der Waals surface area contributed by atoms with Crippen LogP contribution in [0.5, 0.6) is 0 Å². The van der Waals surface area contributed by atoms with Crippen LogP contribution < -0.4 is 0 Å². The Hall–Kier alpha value is -3.49. The number of aromatic nitrogens is 6. The minimum atomic E-state index is -0.409. The van der Waals surface area contributed by atoms with Gasteiger partial charge in [-0.1, -0.05) is 6.07 Å². The van der Waals surface area contributed by atoms with E-state index in [1.807, 2.05) is 35.8 Å². The number of nitrogens with zero attached hydrogens (tertiary/aromatic N) is 6. The molecule has 0 bridgehead atoms. The largest absolute Gasteiger partial charge is 0.417 e. The summed E-state index contributed by atoms with van der Waals surface area (Å²) in [6.07, 6.45) is 6.35. The summed E-state index contributed by atoms with van der Waals surface area (Å²) in [7, 11) is 0. The molecule has 0 aromatic carbocycles. The van der Waals surface area contributed by atoms with Gasteiger partial charge in [0.2, 0.25) is 5.89 Å². The molecule has 1 amide bonds. The topological polar surface area (TPSA) is 105 Å². The summed E-state index contributed by atoms with van der Waals surface area (Å²) in [6.45, 7) is 2.56. The molecule has 9 heteroatoms. The number of fused-ring (bicyclic) bond motifs is 2. The highest BCUT2D eigenvalue weighted by Crippen LogP contribution is 2.39. The Morgan fingerprint density at radius 1 is 1.31 bits per heavy atom. The first-order valence-corrected chi connectivity index (χ1v) is 9.80. The third-order valence-electron chi connectivity index (χ3n) is 5.75. The smallest absolute Gasteiger partial charge is 0.312 e. The lowest BCUT2D eigenvalue weighted by atomic mass is 9.99. The first-order chi connectivity index (χ1) is 14.2. The number of aromatic amines is 1. The van der Waals surface area contributed by atoms with Gasteiger partial charge in [-0.2, -0.15) is 5.10 Å². The van der Waals surface area contributed by atoms with Crippen molar-refractivity contribution < 1.29 is 9.21 Å². The van der Waals surface area contributed by atoms with Crippen molar-refractivity contribution >= 4 is 11.4 Å². The summed E-state index contributed by atoms with van der Waals surface area (Å²) in [5.74, 6) is 0.624. The van der Waals surface area contributed by atoms with Crippen LogP contribution in [0.2, 0.25) is 0 Å². The minimum Gasteiger partial charge on any atom is -0.417 e. The number of pyridine rings is 1. The van der Waals surface area contributed by atoms with Crippen LogP contribution in [0.25, 0.3) is 5.52 Å². The van der Waals surface area contributed by atoms with Gasteiger partial charge in [0, 0.05) is 30.8 Å². The van der Waals surface area contributed by atoms with Gasteiger partial charge in [-0.05, 0) is 37.5 Å². The van der Waals surface area contributed by atoms with Gasteiger partial charge in [-0.15, -0.1) is 10.2 Å². The number of hydrogen-bond acceptors (Lipinski definition) is 6. The highest BCUT2D eigenvalue weighted by atomic mass is 16.4. The molecular formula is C20H19N7O2. The van der Waals surface area contributed by atoms with Crippen LogP contribution in [0.4, 0.5) is 0 Å². The zero-order chi connectivity index (χ0) is 19.5. The second-order valence-electron chi connectivity index (χ2n) is 7.73. The Morgan fingerprint density at radius 3 is 3.03 bits per heavy atom. The lowest BCUT2D eigenvalue weighted by Gasteiger charge is -2.32. The van der Waals surface area contributed by atoms with Crippen LogP contribution in [-0.4, -0.2) is 47.1 Å². The monoisotopic (exact) mass is 389 g/mol. The van der Waals surface area contributed by atoms with Crippen molar-refractivity contribution in [2.24, 2.45) is 0 Å². The normalized spacial score (nSPS) is 18.9. The summed E-state index contributed by atoms with van der Waals surface area (Å²) in [6, 6.07) is 5.62. The number of carbonyl (C=O) groups is 1. The molecule has 0 unspecified atom stereocenters. The molecule has 0 saturated heterocycles. The highest BCUT2D eigenvalue weighted by Gasteiger charge is 2.39. The number of hydrogen-bond donors (Lipinski definition) is 1. The Balaban J connectivity index is 1.44. The second kappa shape index (κ2) is 6.00. The van der Waals surface area contributed by atoms with Crippen LogP contribution in [0.1, 0.15) is 64.0 Å². The van der Waals surface area contributed by atoms with Crippen molar-refractivity contribution in [3.63, 3.8) is 0 Å². The Kier molecular flexibility index (Phi) is 3.41. The predicted octanol–water partition coefficient (Wildman–Crippen LogP) is 2.41. The van der Waals surface area contributed by atoms with Gasteiger partial charge in [0.25, 0.3) is 0 Å². The molecule has 1 aliphatic carbocycles. The predicted molar refractivity (Wildman–Crippen MR) is 101 cm³/mol. The van der Waals surface area contributed by atoms with Gasteiger partial charge >= 0.3 is 11.8 Å². The maximum atomic E-state index is 13.3. The molecule has 1 N–H and O–H groups in total. The van der Waals surface area contributed by atoms with E-state index in [-0.39, 0.29) is 11.8 Å². The lowest BCUT2D eigenvalue weighted by Crippen LogP contribution is -2.41. The van der Waals surface area contributed by atoms with Crippen LogP contribution in [0.3, 0.4) is 0 Å². The third-order valence-corrected chi connectivity index (χ3v) is 5.75. The van der Waals surface area contributed by atoms with Crippen molar-refractivity contribution in [2.45, 2.75) is 38.1 Å². The van der Waals surface area contributed by atoms with Crippen molar-refractivity contribution in [3.05, 3.63) is 65.1 Å². The first kappa shape index (κ1) is 16.5. The average molecular weight is 389 g/mol. The van der Waals surface area contributed by atoms with Gasteiger partial charge < -0.3 is 14.3 Å². The van der Waals surface area contributed by atoms with Crippen LogP contribution in [0.15, 0.2) is 35.1 Å². The number of amides is 1. The van der Waals surface area contributed by atoms with Crippen molar-refractivity contribution in [2.75, 3.05) is 6.54 Å². The second-order valence-corrected chi connectivity index (χ2v) is 7.73. The van der Waals surface area contributed by atoms with Gasteiger partial charge in [-0.25, -0.2) is 9.50 Å². The summed E-state index contributed by atoms with van der Waals surface area (Å²) >= 11 is 0. The van der Waals surface area contributed by atoms with Crippen LogP contribution >= 0.6 is 0 Å². The number of imidazole rings is 1. The molecule has 0 radical (unpaired) electrons. The van der Waals surface area contributed by atoms with E-state index < -0.39 is 6.04 Å². The number of H-pyrrole nitrogens is 1. The minimum absolute atomic E-state index is 0.0378. The Morgan fingerprint density at radius 2 is 2.21 bits per heavy atom. The summed E-state index contributed by atoms with van der Waals surface area (Å²) in [5.41, 5.74) is 4.73. The molecule has 0 spiro atoms. The molecule has 29 heavy (non-hydrogen) atoms. The SMILES string of the molecule is Cc1cccn2nc([C@@H]3c4nc[nH]c4CCN3C(=O)c3nnc(C4CC4)o3)cc12. The van der Waals surface area contributed by atoms with Gasteiger partial charge in [0.15, 0.2) is 0 Å². The van der Waals surface area contributed by atoms with E-state index in [2.05, 4.69) is 20.2 Å². The maximum Gasteiger partial charge on any atom is 0.312 e. The number of rotatable bonds is 3. The molecule has 4 aromatic rings. The molecule has 1 aliphatic heterocycles. The fourth-order valence-electron chi connectivity index (χ4n) is 4.04. The zero-order valence-electron chi connectivity index (χ0n) is 15.9. The molecule has 1 atom stereocenters. The molecule has 1 saturated carbocycles. The fraction of sp³-hybridized carbons (Fsp3) is 0.350. The Bertz CT molecular complexity index is 1230. The van der Waals surface area contributed by atoms with E-state index in [1.54, 1.807) is 11.2 Å². The molecule has 6 rings (SSSR count). The van der Waals surface area contributed by atoms with E-state index in [1.165, 1.54) is 0 Å². The van der Waals surface area contributed by atoms with Gasteiger partial charge in [0.05, 0.1) is 23.2 Å². The standard InChI is InChI=1S/C20H19N7O2/c1-11-3-2-7-27-15(11)9-14(25-27)17-16-13(21-10-22-16)6-8-26(17)20(28)19-24-23-18(29-19)12-4-5-12/h2-3,7,9-10,12,17H,4-6,8H2,1H3,(H,21,22)/t17-/m1/s1. The summed E-state index contributed by atoms with van der Waals surface area (Å²) < 4.78 is 7.53. The number of nitrogens with one attached hydrogen (secondary N) is 1. The van der Waals surface area contributed by atoms with E-state index >= 15 is 0 Å². The molecule has 9 nitrogen and oxygen atoms in total. The van der Waals surface area contributed by atoms with E-state index in [0.29, 0.717) is 24.8 Å².